The Morgan fingerprint density at radius 3 is 2.56 bits per heavy atom. The molecule has 0 radical (unpaired) electrons. The molecule has 2 rings (SSSR count). The molecule has 5 atom stereocenters. The molecule has 0 bridgehead atoms. The van der Waals surface area contributed by atoms with Gasteiger partial charge in [-0.25, -0.2) is 0 Å². The smallest absolute Gasteiger partial charge is 0.136 e. The van der Waals surface area contributed by atoms with Gasteiger partial charge < -0.3 is 0 Å². The number of rotatable bonds is 1. The van der Waals surface area contributed by atoms with Crippen LogP contribution in [-0.2, 0) is 4.79 Å². The lowest BCUT2D eigenvalue weighted by Gasteiger charge is -2.24. The van der Waals surface area contributed by atoms with Gasteiger partial charge >= 0.3 is 0 Å². The average molecular weight is 220 g/mol. The summed E-state index contributed by atoms with van der Waals surface area (Å²) >= 11 is 0. The number of carbonyl (C=O) groups excluding carboxylic acids is 1. The van der Waals surface area contributed by atoms with E-state index in [0.29, 0.717) is 35.4 Å². The van der Waals surface area contributed by atoms with Gasteiger partial charge in [0.05, 0.1) is 0 Å². The van der Waals surface area contributed by atoms with E-state index in [0.717, 1.165) is 6.42 Å². The third kappa shape index (κ3) is 1.97. The number of fused-ring (bicyclic) bond motifs is 1. The third-order valence-corrected chi connectivity index (χ3v) is 4.92. The highest BCUT2D eigenvalue weighted by Crippen LogP contribution is 2.47. The van der Waals surface area contributed by atoms with Crippen LogP contribution in [0.1, 0.15) is 46.5 Å². The highest BCUT2D eigenvalue weighted by Gasteiger charge is 2.45. The number of ketones is 1. The minimum absolute atomic E-state index is 0.361. The maximum atomic E-state index is 12.0. The molecule has 0 aromatic carbocycles. The van der Waals surface area contributed by atoms with Crippen molar-refractivity contribution in [2.24, 2.45) is 29.6 Å². The Morgan fingerprint density at radius 1 is 1.25 bits per heavy atom. The Morgan fingerprint density at radius 2 is 1.94 bits per heavy atom. The van der Waals surface area contributed by atoms with Crippen LogP contribution in [0.4, 0.5) is 0 Å². The van der Waals surface area contributed by atoms with E-state index < -0.39 is 0 Å². The molecule has 2 aliphatic carbocycles. The molecular formula is C15H24O. The predicted octanol–water partition coefficient (Wildman–Crippen LogP) is 3.84. The molecule has 0 spiro atoms. The second kappa shape index (κ2) is 4.35. The van der Waals surface area contributed by atoms with E-state index in [1.165, 1.54) is 24.8 Å². The molecule has 2 fully saturated rings. The van der Waals surface area contributed by atoms with Gasteiger partial charge in [-0.15, -0.1) is 0 Å². The SMILES string of the molecule is C=C(C)[C@@H]1CC[C@H](C)[C@@H]2C(=O)C[C@H](C)[C@H]2C1. The zero-order chi connectivity index (χ0) is 11.9. The van der Waals surface area contributed by atoms with Crippen LogP contribution in [0, 0.1) is 29.6 Å². The molecule has 2 saturated carbocycles. The van der Waals surface area contributed by atoms with Gasteiger partial charge in [-0.05, 0) is 49.9 Å². The Labute approximate surface area is 99.3 Å². The van der Waals surface area contributed by atoms with Crippen LogP contribution in [0.2, 0.25) is 0 Å². The summed E-state index contributed by atoms with van der Waals surface area (Å²) in [6.45, 7) is 10.8. The first-order valence-electron chi connectivity index (χ1n) is 6.68. The molecule has 0 N–H and O–H groups in total. The van der Waals surface area contributed by atoms with Gasteiger partial charge in [-0.2, -0.15) is 0 Å². The first kappa shape index (κ1) is 11.9. The van der Waals surface area contributed by atoms with Crippen molar-refractivity contribution in [3.8, 4) is 0 Å². The van der Waals surface area contributed by atoms with E-state index in [9.17, 15) is 4.79 Å². The van der Waals surface area contributed by atoms with Crippen LogP contribution in [0.3, 0.4) is 0 Å². The zero-order valence-corrected chi connectivity index (χ0v) is 10.8. The first-order chi connectivity index (χ1) is 7.50. The van der Waals surface area contributed by atoms with E-state index in [-0.39, 0.29) is 0 Å². The van der Waals surface area contributed by atoms with E-state index in [2.05, 4.69) is 27.4 Å². The summed E-state index contributed by atoms with van der Waals surface area (Å²) < 4.78 is 0. The summed E-state index contributed by atoms with van der Waals surface area (Å²) in [5.74, 6) is 3.37. The highest BCUT2D eigenvalue weighted by molar-refractivity contribution is 5.84. The van der Waals surface area contributed by atoms with E-state index in [4.69, 9.17) is 0 Å². The molecule has 0 aromatic heterocycles. The molecule has 16 heavy (non-hydrogen) atoms. The van der Waals surface area contributed by atoms with Crippen LogP contribution < -0.4 is 0 Å². The normalized spacial score (nSPS) is 43.9. The molecule has 0 aromatic rings. The van der Waals surface area contributed by atoms with Crippen molar-refractivity contribution in [1.29, 1.82) is 0 Å². The summed E-state index contributed by atoms with van der Waals surface area (Å²) in [5.41, 5.74) is 1.32. The minimum atomic E-state index is 0.361. The number of Topliss-reactive ketones (excluding diaryl/α,β-unsaturated/α-hetero) is 1. The van der Waals surface area contributed by atoms with Gasteiger partial charge in [0.1, 0.15) is 5.78 Å². The lowest BCUT2D eigenvalue weighted by molar-refractivity contribution is -0.122. The fourth-order valence-electron chi connectivity index (χ4n) is 3.85. The molecule has 0 amide bonds. The van der Waals surface area contributed by atoms with E-state index in [1.54, 1.807) is 0 Å². The van der Waals surface area contributed by atoms with Crippen molar-refractivity contribution in [2.75, 3.05) is 0 Å². The molecular weight excluding hydrogens is 196 g/mol. The minimum Gasteiger partial charge on any atom is -0.299 e. The van der Waals surface area contributed by atoms with Crippen LogP contribution in [0.15, 0.2) is 12.2 Å². The molecule has 1 heteroatoms. The van der Waals surface area contributed by atoms with Crippen molar-refractivity contribution < 1.29 is 4.79 Å². The number of hydrogen-bond acceptors (Lipinski definition) is 1. The number of carbonyl (C=O) groups is 1. The summed E-state index contributed by atoms with van der Waals surface area (Å²) in [6, 6.07) is 0. The summed E-state index contributed by atoms with van der Waals surface area (Å²) in [4.78, 5) is 12.0. The number of hydrogen-bond donors (Lipinski definition) is 0. The van der Waals surface area contributed by atoms with Crippen LogP contribution in [-0.4, -0.2) is 5.78 Å². The van der Waals surface area contributed by atoms with Crippen LogP contribution in [0.5, 0.6) is 0 Å². The van der Waals surface area contributed by atoms with Crippen molar-refractivity contribution in [3.05, 3.63) is 12.2 Å². The maximum Gasteiger partial charge on any atom is 0.136 e. The van der Waals surface area contributed by atoms with E-state index >= 15 is 0 Å². The quantitative estimate of drug-likeness (QED) is 0.614. The summed E-state index contributed by atoms with van der Waals surface area (Å²) in [7, 11) is 0. The topological polar surface area (TPSA) is 17.1 Å². The van der Waals surface area contributed by atoms with Gasteiger partial charge in [-0.1, -0.05) is 26.0 Å². The Bertz CT molecular complexity index is 305. The molecule has 2 aliphatic rings. The largest absolute Gasteiger partial charge is 0.299 e. The van der Waals surface area contributed by atoms with E-state index in [1.807, 2.05) is 0 Å². The Kier molecular flexibility index (Phi) is 3.23. The second-order valence-corrected chi connectivity index (χ2v) is 6.17. The van der Waals surface area contributed by atoms with Crippen molar-refractivity contribution >= 4 is 5.78 Å². The summed E-state index contributed by atoms with van der Waals surface area (Å²) in [6.07, 6.45) is 4.47. The maximum absolute atomic E-state index is 12.0. The molecule has 1 nitrogen and oxygen atoms in total. The van der Waals surface area contributed by atoms with Crippen molar-refractivity contribution in [2.45, 2.75) is 46.5 Å². The lowest BCUT2D eigenvalue weighted by Crippen LogP contribution is -2.22. The Balaban J connectivity index is 2.21. The monoisotopic (exact) mass is 220 g/mol. The second-order valence-electron chi connectivity index (χ2n) is 6.17. The molecule has 0 saturated heterocycles. The standard InChI is InChI=1S/C15H24O/c1-9(2)12-6-5-10(3)15-13(8-12)11(4)7-14(15)16/h10-13,15H,1,5-8H2,2-4H3/t10-,11-,12+,13+,15-/m0/s1. The van der Waals surface area contributed by atoms with Crippen molar-refractivity contribution in [3.63, 3.8) is 0 Å². The van der Waals surface area contributed by atoms with Gasteiger partial charge in [0.15, 0.2) is 0 Å². The molecule has 0 unspecified atom stereocenters. The van der Waals surface area contributed by atoms with Gasteiger partial charge in [0.25, 0.3) is 0 Å². The highest BCUT2D eigenvalue weighted by atomic mass is 16.1. The molecule has 90 valence electrons. The van der Waals surface area contributed by atoms with Crippen LogP contribution in [0.25, 0.3) is 0 Å². The first-order valence-corrected chi connectivity index (χ1v) is 6.68. The van der Waals surface area contributed by atoms with Crippen molar-refractivity contribution in [1.82, 2.24) is 0 Å². The van der Waals surface area contributed by atoms with Gasteiger partial charge in [-0.3, -0.25) is 4.79 Å². The Hall–Kier alpha value is -0.590. The van der Waals surface area contributed by atoms with Gasteiger partial charge in [0.2, 0.25) is 0 Å². The zero-order valence-electron chi connectivity index (χ0n) is 10.8. The lowest BCUT2D eigenvalue weighted by atomic mass is 9.79. The molecule has 0 aliphatic heterocycles. The fraction of sp³-hybridized carbons (Fsp3) is 0.800. The number of allylic oxidation sites excluding steroid dienone is 1. The summed E-state index contributed by atoms with van der Waals surface area (Å²) in [5, 5.41) is 0. The van der Waals surface area contributed by atoms with Gasteiger partial charge in [0, 0.05) is 12.3 Å². The predicted molar refractivity (Wildman–Crippen MR) is 67.1 cm³/mol. The van der Waals surface area contributed by atoms with Crippen LogP contribution >= 0.6 is 0 Å². The fourth-order valence-corrected chi connectivity index (χ4v) is 3.85. The average Bonchev–Trinajstić information content (AvgIpc) is 2.39. The third-order valence-electron chi connectivity index (χ3n) is 4.92. The molecule has 0 heterocycles.